The van der Waals surface area contributed by atoms with E-state index in [-0.39, 0.29) is 5.41 Å². The van der Waals surface area contributed by atoms with Gasteiger partial charge in [0, 0.05) is 60.7 Å². The summed E-state index contributed by atoms with van der Waals surface area (Å²) in [6, 6.07) is 39.8. The molecule has 4 nitrogen and oxygen atoms in total. The van der Waals surface area contributed by atoms with Crippen molar-refractivity contribution in [2.24, 2.45) is 0 Å². The highest BCUT2D eigenvalue weighted by atomic mass is 32.1. The predicted molar refractivity (Wildman–Crippen MR) is 174 cm³/mol. The van der Waals surface area contributed by atoms with Gasteiger partial charge in [0.25, 0.3) is 0 Å². The fourth-order valence-electron chi connectivity index (χ4n) is 6.22. The Balaban J connectivity index is 1.26. The number of rotatable bonds is 4. The van der Waals surface area contributed by atoms with Crippen LogP contribution >= 0.6 is 11.3 Å². The number of pyridine rings is 2. The largest absolute Gasteiger partial charge is 0.457 e. The number of benzene rings is 4. The van der Waals surface area contributed by atoms with Crippen LogP contribution in [0.3, 0.4) is 0 Å². The number of nitrogens with zero attached hydrogens (tertiary/aromatic N) is 3. The van der Waals surface area contributed by atoms with Crippen molar-refractivity contribution in [3.8, 4) is 22.8 Å². The predicted octanol–water partition coefficient (Wildman–Crippen LogP) is 10.4. The Morgan fingerprint density at radius 1 is 0.690 bits per heavy atom. The number of hydrogen-bond acceptors (Lipinski definition) is 5. The maximum atomic E-state index is 6.43. The first-order valence-electron chi connectivity index (χ1n) is 14.1. The van der Waals surface area contributed by atoms with E-state index in [1.54, 1.807) is 0 Å². The average Bonchev–Trinajstić information content (AvgIpc) is 3.40. The molecule has 202 valence electrons. The van der Waals surface area contributed by atoms with Gasteiger partial charge in [0.1, 0.15) is 17.3 Å². The van der Waals surface area contributed by atoms with Crippen LogP contribution in [0.5, 0.6) is 11.5 Å². The highest BCUT2D eigenvalue weighted by Gasteiger charge is 2.39. The van der Waals surface area contributed by atoms with E-state index in [0.717, 1.165) is 39.9 Å². The molecule has 0 aliphatic carbocycles. The smallest absolute Gasteiger partial charge is 0.141 e. The van der Waals surface area contributed by atoms with Gasteiger partial charge in [0.05, 0.1) is 17.1 Å². The molecule has 0 N–H and O–H groups in total. The molecule has 1 aliphatic heterocycles. The lowest BCUT2D eigenvalue weighted by Crippen LogP contribution is -2.31. The summed E-state index contributed by atoms with van der Waals surface area (Å²) in [5, 5.41) is 2.61. The molecule has 3 aromatic heterocycles. The van der Waals surface area contributed by atoms with Crippen molar-refractivity contribution >= 4 is 48.7 Å². The summed E-state index contributed by atoms with van der Waals surface area (Å²) in [6.45, 7) is 4.64. The van der Waals surface area contributed by atoms with Crippen molar-refractivity contribution in [3.05, 3.63) is 139 Å². The molecule has 0 spiro atoms. The third kappa shape index (κ3) is 3.89. The number of ether oxygens (including phenoxy) is 1. The van der Waals surface area contributed by atoms with E-state index in [9.17, 15) is 0 Å². The first-order valence-corrected chi connectivity index (χ1v) is 14.9. The van der Waals surface area contributed by atoms with Gasteiger partial charge in [-0.1, -0.05) is 68.4 Å². The van der Waals surface area contributed by atoms with Gasteiger partial charge >= 0.3 is 0 Å². The zero-order chi connectivity index (χ0) is 28.3. The average molecular weight is 562 g/mol. The van der Waals surface area contributed by atoms with Crippen LogP contribution < -0.4 is 9.64 Å². The van der Waals surface area contributed by atoms with Crippen molar-refractivity contribution in [1.82, 2.24) is 9.97 Å². The molecule has 1 aliphatic rings. The molecule has 0 amide bonds. The van der Waals surface area contributed by atoms with E-state index >= 15 is 0 Å². The molecule has 42 heavy (non-hydrogen) atoms. The third-order valence-corrected chi connectivity index (χ3v) is 9.37. The van der Waals surface area contributed by atoms with Crippen LogP contribution in [0.1, 0.15) is 25.0 Å². The van der Waals surface area contributed by atoms with Crippen LogP contribution in [0, 0.1) is 0 Å². The molecule has 4 heterocycles. The van der Waals surface area contributed by atoms with E-state index in [4.69, 9.17) is 9.72 Å². The molecule has 0 bridgehead atoms. The quantitative estimate of drug-likeness (QED) is 0.214. The van der Waals surface area contributed by atoms with E-state index < -0.39 is 0 Å². The molecule has 0 unspecified atom stereocenters. The van der Waals surface area contributed by atoms with Crippen LogP contribution in [0.25, 0.3) is 31.4 Å². The minimum Gasteiger partial charge on any atom is -0.457 e. The number of aromatic nitrogens is 2. The van der Waals surface area contributed by atoms with Crippen LogP contribution in [0.2, 0.25) is 0 Å². The van der Waals surface area contributed by atoms with E-state index in [1.165, 1.54) is 31.3 Å². The topological polar surface area (TPSA) is 38.2 Å². The second kappa shape index (κ2) is 9.54. The molecule has 0 atom stereocenters. The van der Waals surface area contributed by atoms with Crippen molar-refractivity contribution < 1.29 is 4.74 Å². The van der Waals surface area contributed by atoms with Gasteiger partial charge in [-0.25, -0.2) is 4.98 Å². The highest BCUT2D eigenvalue weighted by molar-refractivity contribution is 7.26. The molecular formula is C37H27N3OS. The molecule has 5 heteroatoms. The lowest BCUT2D eigenvalue weighted by molar-refractivity contribution is 0.483. The second-order valence-electron chi connectivity index (χ2n) is 11.1. The minimum atomic E-state index is -0.226. The van der Waals surface area contributed by atoms with Crippen molar-refractivity contribution in [2.45, 2.75) is 19.3 Å². The molecule has 7 aromatic rings. The summed E-state index contributed by atoms with van der Waals surface area (Å²) in [5.41, 5.74) is 6.40. The number of thiophene rings is 1. The molecular weight excluding hydrogens is 534 g/mol. The lowest BCUT2D eigenvalue weighted by atomic mass is 9.74. The van der Waals surface area contributed by atoms with Crippen LogP contribution in [-0.4, -0.2) is 9.97 Å². The summed E-state index contributed by atoms with van der Waals surface area (Å²) in [5.74, 6) is 2.48. The van der Waals surface area contributed by atoms with Gasteiger partial charge in [0.15, 0.2) is 0 Å². The molecule has 0 fully saturated rings. The van der Waals surface area contributed by atoms with Crippen molar-refractivity contribution in [2.75, 3.05) is 4.90 Å². The van der Waals surface area contributed by atoms with Crippen molar-refractivity contribution in [1.29, 1.82) is 0 Å². The van der Waals surface area contributed by atoms with E-state index in [1.807, 2.05) is 78.3 Å². The maximum Gasteiger partial charge on any atom is 0.141 e. The van der Waals surface area contributed by atoms with E-state index in [0.29, 0.717) is 0 Å². The first kappa shape index (κ1) is 24.8. The monoisotopic (exact) mass is 561 g/mol. The van der Waals surface area contributed by atoms with Gasteiger partial charge in [-0.2, -0.15) is 0 Å². The van der Waals surface area contributed by atoms with Crippen LogP contribution in [0.15, 0.2) is 128 Å². The third-order valence-electron chi connectivity index (χ3n) is 8.17. The SMILES string of the molecule is CC1(C)c2cccnc2N(c2cccc(Oc3cccc(-c4ccccn4)c3)c2)c2ccc3c(sc4ccccc43)c21. The van der Waals surface area contributed by atoms with Gasteiger partial charge in [-0.05, 0) is 54.6 Å². The molecule has 8 rings (SSSR count). The second-order valence-corrected chi connectivity index (χ2v) is 12.2. The zero-order valence-corrected chi connectivity index (χ0v) is 24.1. The maximum absolute atomic E-state index is 6.43. The molecule has 0 saturated heterocycles. The van der Waals surface area contributed by atoms with Gasteiger partial charge in [-0.15, -0.1) is 11.3 Å². The highest BCUT2D eigenvalue weighted by Crippen LogP contribution is 2.55. The van der Waals surface area contributed by atoms with E-state index in [2.05, 4.69) is 84.4 Å². The first-order chi connectivity index (χ1) is 20.6. The molecule has 4 aromatic carbocycles. The zero-order valence-electron chi connectivity index (χ0n) is 23.3. The van der Waals surface area contributed by atoms with Crippen LogP contribution in [0.4, 0.5) is 17.2 Å². The summed E-state index contributed by atoms with van der Waals surface area (Å²) < 4.78 is 9.07. The summed E-state index contributed by atoms with van der Waals surface area (Å²) in [6.07, 6.45) is 3.69. The van der Waals surface area contributed by atoms with Crippen LogP contribution in [-0.2, 0) is 5.41 Å². The lowest BCUT2D eigenvalue weighted by Gasteiger charge is -2.41. The Bertz CT molecular complexity index is 2120. The Hall–Kier alpha value is -5.00. The Labute approximate surface area is 248 Å². The Morgan fingerprint density at radius 3 is 2.38 bits per heavy atom. The number of anilines is 3. The van der Waals surface area contributed by atoms with Gasteiger partial charge in [-0.3, -0.25) is 9.88 Å². The summed E-state index contributed by atoms with van der Waals surface area (Å²) in [4.78, 5) is 11.7. The number of fused-ring (bicyclic) bond motifs is 6. The van der Waals surface area contributed by atoms with Gasteiger partial charge < -0.3 is 4.74 Å². The van der Waals surface area contributed by atoms with Gasteiger partial charge in [0.2, 0.25) is 0 Å². The summed E-state index contributed by atoms with van der Waals surface area (Å²) >= 11 is 1.88. The minimum absolute atomic E-state index is 0.226. The number of hydrogen-bond donors (Lipinski definition) is 0. The molecule has 0 radical (unpaired) electrons. The Kier molecular flexibility index (Phi) is 5.62. The normalized spacial score (nSPS) is 13.6. The Morgan fingerprint density at radius 2 is 1.50 bits per heavy atom. The summed E-state index contributed by atoms with van der Waals surface area (Å²) in [7, 11) is 0. The fourth-order valence-corrected chi connectivity index (χ4v) is 7.62. The fraction of sp³-hybridized carbons (Fsp3) is 0.0811. The standard InChI is InChI=1S/C37H27N3OS/c1-37(2)30-15-9-21-39-36(30)40(32-19-18-29-28-14-3-4-17-33(28)42-35(29)34(32)37)25-11-8-13-27(23-25)41-26-12-7-10-24(22-26)31-16-5-6-20-38-31/h3-23H,1-2H3. The van der Waals surface area contributed by atoms with Crippen molar-refractivity contribution in [3.63, 3.8) is 0 Å². The molecule has 0 saturated carbocycles.